The Morgan fingerprint density at radius 3 is 2.70 bits per heavy atom. The second kappa shape index (κ2) is 7.22. The molecular weight excluding hydrogens is 340 g/mol. The largest absolute Gasteiger partial charge is 0.491 e. The van der Waals surface area contributed by atoms with Crippen molar-refractivity contribution in [2.24, 2.45) is 0 Å². The monoisotopic (exact) mass is 356 g/mol. The van der Waals surface area contributed by atoms with Gasteiger partial charge in [-0.3, -0.25) is 0 Å². The van der Waals surface area contributed by atoms with Crippen molar-refractivity contribution in [1.29, 1.82) is 0 Å². The molecule has 2 rings (SSSR count). The molecule has 3 nitrogen and oxygen atoms in total. The van der Waals surface area contributed by atoms with Crippen molar-refractivity contribution in [2.75, 3.05) is 20.3 Å². The minimum Gasteiger partial charge on any atom is -0.491 e. The van der Waals surface area contributed by atoms with Crippen LogP contribution in [0.25, 0.3) is 0 Å². The molecule has 0 spiro atoms. The van der Waals surface area contributed by atoms with Crippen LogP contribution >= 0.6 is 27.3 Å². The maximum absolute atomic E-state index is 10.5. The Kier molecular flexibility index (Phi) is 5.60. The fourth-order valence-corrected chi connectivity index (χ4v) is 3.41. The third-order valence-electron chi connectivity index (χ3n) is 2.90. The number of aryl methyl sites for hydroxylation is 1. The highest BCUT2D eigenvalue weighted by Gasteiger charge is 2.18. The third-order valence-corrected chi connectivity index (χ3v) is 5.09. The van der Waals surface area contributed by atoms with Crippen molar-refractivity contribution < 1.29 is 14.6 Å². The minimum absolute atomic E-state index is 0.466. The molecule has 1 aromatic heterocycles. The summed E-state index contributed by atoms with van der Waals surface area (Å²) in [5, 5.41) is 10.5. The van der Waals surface area contributed by atoms with Gasteiger partial charge in [-0.05, 0) is 35.0 Å². The van der Waals surface area contributed by atoms with Gasteiger partial charge in [-0.25, -0.2) is 0 Å². The van der Waals surface area contributed by atoms with E-state index in [1.165, 1.54) is 0 Å². The van der Waals surface area contributed by atoms with Gasteiger partial charge in [0.2, 0.25) is 0 Å². The van der Waals surface area contributed by atoms with Crippen LogP contribution in [0.15, 0.2) is 34.8 Å². The Morgan fingerprint density at radius 1 is 1.30 bits per heavy atom. The zero-order chi connectivity index (χ0) is 14.5. The molecular formula is C15H17BrO3S. The summed E-state index contributed by atoms with van der Waals surface area (Å²) in [5.41, 5.74) is 0.775. The zero-order valence-corrected chi connectivity index (χ0v) is 13.8. The molecule has 0 amide bonds. The molecule has 1 aromatic carbocycles. The van der Waals surface area contributed by atoms with Gasteiger partial charge in [0.1, 0.15) is 18.5 Å². The molecule has 1 atom stereocenters. The highest BCUT2D eigenvalue weighted by atomic mass is 79.9. The first-order chi connectivity index (χ1) is 9.63. The number of aliphatic hydroxyl groups is 1. The summed E-state index contributed by atoms with van der Waals surface area (Å²) < 4.78 is 11.7. The maximum atomic E-state index is 10.5. The summed E-state index contributed by atoms with van der Waals surface area (Å²) in [5.74, 6) is 0.694. The maximum Gasteiger partial charge on any atom is 0.125 e. The molecule has 1 heterocycles. The number of thiophene rings is 1. The number of benzene rings is 1. The van der Waals surface area contributed by atoms with Crippen LogP contribution in [0, 0.1) is 6.92 Å². The molecule has 1 N–H and O–H groups in total. The Labute approximate surface area is 131 Å². The van der Waals surface area contributed by atoms with E-state index in [0.29, 0.717) is 19.0 Å². The van der Waals surface area contributed by atoms with E-state index in [4.69, 9.17) is 9.47 Å². The standard InChI is InChI=1S/C15H17BrO3S/c1-10-12(16)9-14(20-10)15(17)11-5-3-4-6-13(11)19-8-7-18-2/h3-6,9,15,17H,7-8H2,1-2H3. The van der Waals surface area contributed by atoms with Gasteiger partial charge in [-0.1, -0.05) is 18.2 Å². The molecule has 0 aliphatic rings. The fourth-order valence-electron chi connectivity index (χ4n) is 1.84. The Morgan fingerprint density at radius 2 is 2.05 bits per heavy atom. The second-order valence-electron chi connectivity index (χ2n) is 4.33. The Hall–Kier alpha value is -0.880. The Balaban J connectivity index is 2.22. The Bertz CT molecular complexity index is 548. The van der Waals surface area contributed by atoms with Crippen molar-refractivity contribution >= 4 is 27.3 Å². The average molecular weight is 357 g/mol. The van der Waals surface area contributed by atoms with Crippen LogP contribution in [0.2, 0.25) is 0 Å². The lowest BCUT2D eigenvalue weighted by molar-refractivity contribution is 0.142. The molecule has 0 saturated heterocycles. The van der Waals surface area contributed by atoms with Crippen LogP contribution in [0.5, 0.6) is 5.75 Å². The molecule has 1 unspecified atom stereocenters. The molecule has 0 aliphatic heterocycles. The highest BCUT2D eigenvalue weighted by molar-refractivity contribution is 9.10. The van der Waals surface area contributed by atoms with Gasteiger partial charge in [0.25, 0.3) is 0 Å². The van der Waals surface area contributed by atoms with Gasteiger partial charge >= 0.3 is 0 Å². The van der Waals surface area contributed by atoms with Gasteiger partial charge in [-0.15, -0.1) is 11.3 Å². The predicted octanol–water partition coefficient (Wildman–Crippen LogP) is 3.93. The quantitative estimate of drug-likeness (QED) is 0.797. The van der Waals surface area contributed by atoms with Gasteiger partial charge in [0.05, 0.1) is 6.61 Å². The van der Waals surface area contributed by atoms with Crippen molar-refractivity contribution in [1.82, 2.24) is 0 Å². The van der Waals surface area contributed by atoms with Crippen LogP contribution in [-0.4, -0.2) is 25.4 Å². The first kappa shape index (κ1) is 15.5. The lowest BCUT2D eigenvalue weighted by atomic mass is 10.1. The summed E-state index contributed by atoms with van der Waals surface area (Å²) in [4.78, 5) is 2.05. The van der Waals surface area contributed by atoms with Crippen molar-refractivity contribution in [3.8, 4) is 5.75 Å². The number of hydrogen-bond acceptors (Lipinski definition) is 4. The SMILES string of the molecule is COCCOc1ccccc1C(O)c1cc(Br)c(C)s1. The highest BCUT2D eigenvalue weighted by Crippen LogP contribution is 2.36. The first-order valence-corrected chi connectivity index (χ1v) is 7.89. The second-order valence-corrected chi connectivity index (χ2v) is 6.48. The topological polar surface area (TPSA) is 38.7 Å². The van der Waals surface area contributed by atoms with Crippen molar-refractivity contribution in [2.45, 2.75) is 13.0 Å². The van der Waals surface area contributed by atoms with E-state index in [-0.39, 0.29) is 0 Å². The van der Waals surface area contributed by atoms with Crippen LogP contribution in [-0.2, 0) is 4.74 Å². The van der Waals surface area contributed by atoms with Crippen LogP contribution in [0.3, 0.4) is 0 Å². The van der Waals surface area contributed by atoms with Gasteiger partial charge in [0.15, 0.2) is 0 Å². The molecule has 0 saturated carbocycles. The van der Waals surface area contributed by atoms with E-state index >= 15 is 0 Å². The van der Waals surface area contributed by atoms with Crippen LogP contribution in [0.4, 0.5) is 0 Å². The van der Waals surface area contributed by atoms with Crippen molar-refractivity contribution in [3.63, 3.8) is 0 Å². The molecule has 0 bridgehead atoms. The summed E-state index contributed by atoms with van der Waals surface area (Å²) in [6.07, 6.45) is -0.677. The first-order valence-electron chi connectivity index (χ1n) is 6.28. The minimum atomic E-state index is -0.677. The van der Waals surface area contributed by atoms with E-state index < -0.39 is 6.10 Å². The van der Waals surface area contributed by atoms with Crippen LogP contribution < -0.4 is 4.74 Å². The van der Waals surface area contributed by atoms with E-state index in [1.54, 1.807) is 18.4 Å². The molecule has 0 aliphatic carbocycles. The number of aliphatic hydroxyl groups excluding tert-OH is 1. The third kappa shape index (κ3) is 3.61. The summed E-state index contributed by atoms with van der Waals surface area (Å²) in [7, 11) is 1.63. The van der Waals surface area contributed by atoms with E-state index in [2.05, 4.69) is 15.9 Å². The summed E-state index contributed by atoms with van der Waals surface area (Å²) in [6, 6.07) is 9.50. The molecule has 20 heavy (non-hydrogen) atoms. The molecule has 0 fully saturated rings. The van der Waals surface area contributed by atoms with Gasteiger partial charge < -0.3 is 14.6 Å². The molecule has 2 aromatic rings. The average Bonchev–Trinajstić information content (AvgIpc) is 2.79. The summed E-state index contributed by atoms with van der Waals surface area (Å²) >= 11 is 5.06. The molecule has 108 valence electrons. The molecule has 0 radical (unpaired) electrons. The number of methoxy groups -OCH3 is 1. The van der Waals surface area contributed by atoms with Crippen LogP contribution in [0.1, 0.15) is 21.4 Å². The number of rotatable bonds is 6. The number of para-hydroxylation sites is 1. The number of hydrogen-bond donors (Lipinski definition) is 1. The van der Waals surface area contributed by atoms with E-state index in [0.717, 1.165) is 19.8 Å². The van der Waals surface area contributed by atoms with Gasteiger partial charge in [0, 0.05) is 26.9 Å². The smallest absolute Gasteiger partial charge is 0.125 e. The molecule has 5 heteroatoms. The van der Waals surface area contributed by atoms with E-state index in [1.807, 2.05) is 37.3 Å². The number of ether oxygens (including phenoxy) is 2. The lowest BCUT2D eigenvalue weighted by Crippen LogP contribution is -2.07. The zero-order valence-electron chi connectivity index (χ0n) is 11.4. The summed E-state index contributed by atoms with van der Waals surface area (Å²) in [6.45, 7) is 3.01. The number of halogens is 1. The fraction of sp³-hybridized carbons (Fsp3) is 0.333. The normalized spacial score (nSPS) is 12.4. The van der Waals surface area contributed by atoms with Crippen molar-refractivity contribution in [3.05, 3.63) is 50.1 Å². The lowest BCUT2D eigenvalue weighted by Gasteiger charge is -2.15. The predicted molar refractivity (Wildman–Crippen MR) is 84.6 cm³/mol. The van der Waals surface area contributed by atoms with E-state index in [9.17, 15) is 5.11 Å². The van der Waals surface area contributed by atoms with Gasteiger partial charge in [-0.2, -0.15) is 0 Å².